The van der Waals surface area contributed by atoms with E-state index in [9.17, 15) is 9.59 Å². The summed E-state index contributed by atoms with van der Waals surface area (Å²) >= 11 is 0. The maximum atomic E-state index is 12.2. The lowest BCUT2D eigenvalue weighted by molar-refractivity contribution is -0.124. The summed E-state index contributed by atoms with van der Waals surface area (Å²) in [6, 6.07) is 0.0875. The molecule has 14 heteroatoms. The van der Waals surface area contributed by atoms with Crippen molar-refractivity contribution in [2.24, 2.45) is 38.7 Å². The highest BCUT2D eigenvalue weighted by molar-refractivity contribution is 5.82. The molecule has 0 heterocycles. The summed E-state index contributed by atoms with van der Waals surface area (Å²) < 4.78 is 0. The van der Waals surface area contributed by atoms with Gasteiger partial charge >= 0.3 is 0 Å². The second kappa shape index (κ2) is 25.3. The lowest BCUT2D eigenvalue weighted by Gasteiger charge is -2.20. The highest BCUT2D eigenvalue weighted by Crippen LogP contribution is 2.01. The van der Waals surface area contributed by atoms with Gasteiger partial charge in [-0.1, -0.05) is 27.7 Å². The van der Waals surface area contributed by atoms with Crippen molar-refractivity contribution in [1.82, 2.24) is 26.2 Å². The number of nitrogens with zero attached hydrogens (tertiary/aromatic N) is 3. The normalized spacial score (nSPS) is 12.3. The summed E-state index contributed by atoms with van der Waals surface area (Å²) in [6.07, 6.45) is 4.67. The molecule has 0 bridgehead atoms. The molecular formula is C26H60N12O2. The molecule has 14 nitrogen and oxygen atoms in total. The van der Waals surface area contributed by atoms with Crippen LogP contribution in [0.25, 0.3) is 0 Å². The number of nitrogens with one attached hydrogen (secondary N) is 4. The largest absolute Gasteiger partial charge is 0.370 e. The number of rotatable bonds is 21. The van der Waals surface area contributed by atoms with Gasteiger partial charge in [0.05, 0.1) is 12.1 Å². The van der Waals surface area contributed by atoms with Crippen LogP contribution in [-0.4, -0.2) is 106 Å². The molecule has 0 aliphatic carbocycles. The molecule has 2 unspecified atom stereocenters. The lowest BCUT2D eigenvalue weighted by Crippen LogP contribution is -2.47. The van der Waals surface area contributed by atoms with Crippen molar-refractivity contribution in [3.63, 3.8) is 0 Å². The van der Waals surface area contributed by atoms with E-state index < -0.39 is 0 Å². The van der Waals surface area contributed by atoms with E-state index in [1.54, 1.807) is 0 Å². The van der Waals surface area contributed by atoms with Gasteiger partial charge in [0.2, 0.25) is 11.8 Å². The minimum absolute atomic E-state index is 0.00634. The Kier molecular flexibility index (Phi) is 25.0. The quantitative estimate of drug-likeness (QED) is 0.0431. The molecule has 0 spiro atoms. The molecule has 2 atom stereocenters. The molecular weight excluding hydrogens is 512 g/mol. The predicted molar refractivity (Wildman–Crippen MR) is 167 cm³/mol. The number of carbonyl (C=O) groups excluding carboxylic acids is 2. The van der Waals surface area contributed by atoms with Crippen LogP contribution in [0.3, 0.4) is 0 Å². The Morgan fingerprint density at radius 2 is 1.10 bits per heavy atom. The molecule has 2 amide bonds. The Morgan fingerprint density at radius 3 is 1.43 bits per heavy atom. The zero-order valence-electron chi connectivity index (χ0n) is 25.8. The topological polar surface area (TPSA) is 240 Å². The highest BCUT2D eigenvalue weighted by Gasteiger charge is 2.19. The van der Waals surface area contributed by atoms with Gasteiger partial charge in [-0.15, -0.1) is 0 Å². The number of carbonyl (C=O) groups is 2. The molecule has 0 rings (SSSR count). The Labute approximate surface area is 242 Å². The predicted octanol–water partition coefficient (Wildman–Crippen LogP) is -1.65. The molecule has 0 aliphatic rings. The average Bonchev–Trinajstić information content (AvgIpc) is 2.85. The fraction of sp³-hybridized carbons (Fsp3) is 0.846. The van der Waals surface area contributed by atoms with Gasteiger partial charge in [0.1, 0.15) is 0 Å². The van der Waals surface area contributed by atoms with Crippen molar-refractivity contribution in [1.29, 1.82) is 0 Å². The van der Waals surface area contributed by atoms with Gasteiger partial charge in [-0.2, -0.15) is 0 Å². The number of guanidine groups is 2. The van der Waals surface area contributed by atoms with E-state index in [0.29, 0.717) is 45.6 Å². The maximum Gasteiger partial charge on any atom is 0.237 e. The molecule has 0 aromatic rings. The van der Waals surface area contributed by atoms with E-state index >= 15 is 0 Å². The van der Waals surface area contributed by atoms with Crippen LogP contribution in [0.2, 0.25) is 0 Å². The van der Waals surface area contributed by atoms with Gasteiger partial charge in [-0.25, -0.2) is 0 Å². The summed E-state index contributed by atoms with van der Waals surface area (Å²) in [5.74, 6) is 0.233. The fourth-order valence-electron chi connectivity index (χ4n) is 3.56. The van der Waals surface area contributed by atoms with Gasteiger partial charge in [0.15, 0.2) is 11.9 Å². The third-order valence-electron chi connectivity index (χ3n) is 5.35. The standard InChI is InChI=1S/C14H32N6O.C12H28N6O/c1-11(2)19-12(7-5-8-18-14(15)16)13(21)17-9-6-10-20(3)4;1-9(2)18-10(5-3-7-17-12(14)15)11(19)16-8-4-6-13/h11-12,19H,5-10H2,1-4H3,(H,17,21)(H4,15,16,18);9-10,18H,3-8,13H2,1-2H3,(H,16,19)(H4,14,15,17). The molecule has 40 heavy (non-hydrogen) atoms. The Hall–Kier alpha value is -2.68. The first kappa shape index (κ1) is 39.5. The van der Waals surface area contributed by atoms with Crippen molar-refractivity contribution < 1.29 is 9.59 Å². The molecule has 0 fully saturated rings. The average molecular weight is 573 g/mol. The minimum atomic E-state index is -0.216. The molecule has 236 valence electrons. The van der Waals surface area contributed by atoms with Crippen LogP contribution >= 0.6 is 0 Å². The second-order valence-corrected chi connectivity index (χ2v) is 10.5. The van der Waals surface area contributed by atoms with E-state index in [2.05, 4.69) is 36.2 Å². The van der Waals surface area contributed by atoms with Crippen LogP contribution in [0, 0.1) is 0 Å². The number of hydrogen-bond acceptors (Lipinski definition) is 8. The second-order valence-electron chi connectivity index (χ2n) is 10.5. The SMILES string of the molecule is CC(C)NC(CCCN=C(N)N)C(=O)NCCCN.CC(C)NC(CCCN=C(N)N)C(=O)NCCCN(C)C. The Bertz CT molecular complexity index is 706. The van der Waals surface area contributed by atoms with E-state index in [4.69, 9.17) is 28.7 Å². The van der Waals surface area contributed by atoms with Crippen molar-refractivity contribution >= 4 is 23.7 Å². The zero-order chi connectivity index (χ0) is 30.9. The fourth-order valence-corrected chi connectivity index (χ4v) is 3.56. The number of amides is 2. The highest BCUT2D eigenvalue weighted by atomic mass is 16.2. The summed E-state index contributed by atoms with van der Waals surface area (Å²) in [4.78, 5) is 34.1. The molecule has 0 aromatic heterocycles. The summed E-state index contributed by atoms with van der Waals surface area (Å²) in [5, 5.41) is 12.4. The van der Waals surface area contributed by atoms with Gasteiger partial charge in [-0.05, 0) is 65.7 Å². The van der Waals surface area contributed by atoms with Crippen LogP contribution in [0.1, 0.15) is 66.2 Å². The van der Waals surface area contributed by atoms with Crippen LogP contribution in [0.4, 0.5) is 0 Å². The Morgan fingerprint density at radius 1 is 0.700 bits per heavy atom. The van der Waals surface area contributed by atoms with Crippen molar-refractivity contribution in [3.05, 3.63) is 0 Å². The van der Waals surface area contributed by atoms with Gasteiger partial charge in [0, 0.05) is 38.3 Å². The van der Waals surface area contributed by atoms with Crippen molar-refractivity contribution in [2.75, 3.05) is 53.4 Å². The van der Waals surface area contributed by atoms with Crippen LogP contribution < -0.4 is 49.9 Å². The lowest BCUT2D eigenvalue weighted by atomic mass is 10.1. The number of aliphatic imine (C=N–C) groups is 2. The number of hydrogen-bond donors (Lipinski definition) is 9. The zero-order valence-corrected chi connectivity index (χ0v) is 25.8. The first-order valence-electron chi connectivity index (χ1n) is 14.3. The van der Waals surface area contributed by atoms with Gasteiger partial charge in [-0.3, -0.25) is 19.6 Å². The van der Waals surface area contributed by atoms with E-state index in [1.807, 2.05) is 41.8 Å². The summed E-state index contributed by atoms with van der Waals surface area (Å²) in [7, 11) is 4.04. The monoisotopic (exact) mass is 572 g/mol. The van der Waals surface area contributed by atoms with Crippen LogP contribution in [0.5, 0.6) is 0 Å². The number of nitrogens with two attached hydrogens (primary N) is 5. The molecule has 0 aromatic carbocycles. The molecule has 0 saturated heterocycles. The van der Waals surface area contributed by atoms with Crippen LogP contribution in [0.15, 0.2) is 9.98 Å². The minimum Gasteiger partial charge on any atom is -0.370 e. The van der Waals surface area contributed by atoms with Crippen LogP contribution in [-0.2, 0) is 9.59 Å². The third-order valence-corrected chi connectivity index (χ3v) is 5.35. The first-order valence-corrected chi connectivity index (χ1v) is 14.3. The van der Waals surface area contributed by atoms with Gasteiger partial charge in [0.25, 0.3) is 0 Å². The van der Waals surface area contributed by atoms with E-state index in [-0.39, 0.29) is 47.9 Å². The first-order chi connectivity index (χ1) is 18.8. The maximum absolute atomic E-state index is 12.2. The smallest absolute Gasteiger partial charge is 0.237 e. The molecule has 14 N–H and O–H groups in total. The molecule has 0 aliphatic heterocycles. The summed E-state index contributed by atoms with van der Waals surface area (Å²) in [5.41, 5.74) is 26.5. The van der Waals surface area contributed by atoms with Gasteiger partial charge < -0.3 is 54.8 Å². The van der Waals surface area contributed by atoms with Crippen molar-refractivity contribution in [3.8, 4) is 0 Å². The summed E-state index contributed by atoms with van der Waals surface area (Å²) in [6.45, 7) is 12.0. The third kappa shape index (κ3) is 26.9. The van der Waals surface area contributed by atoms with E-state index in [1.165, 1.54) is 0 Å². The molecule has 0 radical (unpaired) electrons. The molecule has 0 saturated carbocycles. The van der Waals surface area contributed by atoms with E-state index in [0.717, 1.165) is 32.2 Å². The van der Waals surface area contributed by atoms with Crippen molar-refractivity contribution in [2.45, 2.75) is 90.4 Å². The Balaban J connectivity index is 0.